The van der Waals surface area contributed by atoms with E-state index < -0.39 is 5.60 Å². The van der Waals surface area contributed by atoms with Crippen LogP contribution < -0.4 is 0 Å². The number of para-hydroxylation sites is 1. The lowest BCUT2D eigenvalue weighted by Crippen LogP contribution is -2.19. The molecule has 0 fully saturated rings. The summed E-state index contributed by atoms with van der Waals surface area (Å²) in [5.41, 5.74) is -0.498. The Bertz CT molecular complexity index is 303. The summed E-state index contributed by atoms with van der Waals surface area (Å²) in [5, 5.41) is 19.4. The minimum atomic E-state index is -1.03. The second-order valence-electron chi connectivity index (χ2n) is 3.28. The van der Waals surface area contributed by atoms with Crippen molar-refractivity contribution in [2.75, 3.05) is 0 Å². The van der Waals surface area contributed by atoms with Crippen molar-refractivity contribution in [3.8, 4) is 5.75 Å². The van der Waals surface area contributed by atoms with Crippen LogP contribution in [0.4, 0.5) is 0 Å². The number of hydrogen-bond donors (Lipinski definition) is 2. The number of phenols is 1. The number of aromatic hydroxyl groups is 1. The molecule has 1 aromatic carbocycles. The van der Waals surface area contributed by atoms with E-state index in [1.807, 2.05) is 0 Å². The fourth-order valence-electron chi connectivity index (χ4n) is 1.32. The van der Waals surface area contributed by atoms with Gasteiger partial charge in [0.25, 0.3) is 0 Å². The van der Waals surface area contributed by atoms with E-state index >= 15 is 0 Å². The summed E-state index contributed by atoms with van der Waals surface area (Å²) in [6.07, 6.45) is 2.05. The molecular formula is C11H14O2. The first-order chi connectivity index (χ1) is 6.08. The average Bonchev–Trinajstić information content (AvgIpc) is 2.04. The SMILES string of the molecule is C=CCC(C)(O)c1ccccc1O. The van der Waals surface area contributed by atoms with Gasteiger partial charge in [-0.3, -0.25) is 0 Å². The fraction of sp³-hybridized carbons (Fsp3) is 0.273. The van der Waals surface area contributed by atoms with Crippen molar-refractivity contribution >= 4 is 0 Å². The molecular weight excluding hydrogens is 164 g/mol. The molecule has 0 radical (unpaired) electrons. The van der Waals surface area contributed by atoms with E-state index in [1.165, 1.54) is 0 Å². The molecule has 2 N–H and O–H groups in total. The van der Waals surface area contributed by atoms with Crippen molar-refractivity contribution < 1.29 is 10.2 Å². The summed E-state index contributed by atoms with van der Waals surface area (Å²) >= 11 is 0. The van der Waals surface area contributed by atoms with Gasteiger partial charge in [0, 0.05) is 5.56 Å². The molecule has 2 nitrogen and oxygen atoms in total. The van der Waals surface area contributed by atoms with Gasteiger partial charge in [-0.05, 0) is 19.4 Å². The van der Waals surface area contributed by atoms with E-state index in [-0.39, 0.29) is 5.75 Å². The topological polar surface area (TPSA) is 40.5 Å². The van der Waals surface area contributed by atoms with Crippen molar-refractivity contribution in [3.05, 3.63) is 42.5 Å². The molecule has 0 aliphatic rings. The molecule has 1 unspecified atom stereocenters. The minimum absolute atomic E-state index is 0.120. The molecule has 0 heterocycles. The molecule has 1 aromatic rings. The molecule has 0 amide bonds. The quantitative estimate of drug-likeness (QED) is 0.696. The first-order valence-electron chi connectivity index (χ1n) is 4.19. The largest absolute Gasteiger partial charge is 0.508 e. The lowest BCUT2D eigenvalue weighted by atomic mass is 9.92. The molecule has 0 saturated carbocycles. The van der Waals surface area contributed by atoms with Crippen molar-refractivity contribution in [3.63, 3.8) is 0 Å². The molecule has 1 atom stereocenters. The van der Waals surface area contributed by atoms with Crippen LogP contribution in [0.1, 0.15) is 18.9 Å². The average molecular weight is 178 g/mol. The highest BCUT2D eigenvalue weighted by Gasteiger charge is 2.23. The van der Waals surface area contributed by atoms with E-state index in [2.05, 4.69) is 6.58 Å². The van der Waals surface area contributed by atoms with Crippen LogP contribution in [-0.2, 0) is 5.60 Å². The molecule has 0 saturated heterocycles. The number of hydrogen-bond acceptors (Lipinski definition) is 2. The standard InChI is InChI=1S/C11H14O2/c1-3-8-11(2,13)9-6-4-5-7-10(9)12/h3-7,12-13H,1,8H2,2H3. The Balaban J connectivity index is 3.06. The fourth-order valence-corrected chi connectivity index (χ4v) is 1.32. The summed E-state index contributed by atoms with van der Waals surface area (Å²) in [4.78, 5) is 0. The van der Waals surface area contributed by atoms with Gasteiger partial charge in [-0.25, -0.2) is 0 Å². The van der Waals surface area contributed by atoms with E-state index in [0.29, 0.717) is 12.0 Å². The Morgan fingerprint density at radius 2 is 2.08 bits per heavy atom. The summed E-state index contributed by atoms with van der Waals surface area (Å²) in [7, 11) is 0. The lowest BCUT2D eigenvalue weighted by Gasteiger charge is -2.22. The third kappa shape index (κ3) is 2.10. The third-order valence-corrected chi connectivity index (χ3v) is 2.03. The summed E-state index contributed by atoms with van der Waals surface area (Å²) in [6.45, 7) is 5.22. The van der Waals surface area contributed by atoms with E-state index in [1.54, 1.807) is 37.3 Å². The molecule has 0 bridgehead atoms. The van der Waals surface area contributed by atoms with Gasteiger partial charge in [0.15, 0.2) is 0 Å². The molecule has 0 spiro atoms. The van der Waals surface area contributed by atoms with Gasteiger partial charge in [0.2, 0.25) is 0 Å². The van der Waals surface area contributed by atoms with Gasteiger partial charge in [-0.2, -0.15) is 0 Å². The Morgan fingerprint density at radius 3 is 2.62 bits per heavy atom. The van der Waals surface area contributed by atoms with Crippen LogP contribution in [0.15, 0.2) is 36.9 Å². The highest BCUT2D eigenvalue weighted by Crippen LogP contribution is 2.31. The zero-order chi connectivity index (χ0) is 9.90. The first kappa shape index (κ1) is 9.81. The van der Waals surface area contributed by atoms with Crippen molar-refractivity contribution in [1.29, 1.82) is 0 Å². The molecule has 0 aliphatic carbocycles. The Kier molecular flexibility index (Phi) is 2.73. The second kappa shape index (κ2) is 3.62. The second-order valence-corrected chi connectivity index (χ2v) is 3.28. The normalized spacial score (nSPS) is 14.9. The predicted molar refractivity (Wildman–Crippen MR) is 52.5 cm³/mol. The van der Waals surface area contributed by atoms with Crippen molar-refractivity contribution in [2.24, 2.45) is 0 Å². The monoisotopic (exact) mass is 178 g/mol. The molecule has 0 aliphatic heterocycles. The Labute approximate surface area is 78.2 Å². The van der Waals surface area contributed by atoms with E-state index in [4.69, 9.17) is 0 Å². The van der Waals surface area contributed by atoms with Gasteiger partial charge in [0.05, 0.1) is 5.60 Å². The summed E-state index contributed by atoms with van der Waals surface area (Å²) < 4.78 is 0. The smallest absolute Gasteiger partial charge is 0.121 e. The maximum atomic E-state index is 9.94. The number of benzene rings is 1. The summed E-state index contributed by atoms with van der Waals surface area (Å²) in [5.74, 6) is 0.120. The number of phenolic OH excluding ortho intramolecular Hbond substituents is 1. The Hall–Kier alpha value is -1.28. The number of aliphatic hydroxyl groups is 1. The molecule has 0 aromatic heterocycles. The van der Waals surface area contributed by atoms with Crippen LogP contribution in [0.3, 0.4) is 0 Å². The van der Waals surface area contributed by atoms with Crippen LogP contribution in [0, 0.1) is 0 Å². The van der Waals surface area contributed by atoms with Crippen molar-refractivity contribution in [1.82, 2.24) is 0 Å². The van der Waals surface area contributed by atoms with Gasteiger partial charge < -0.3 is 10.2 Å². The predicted octanol–water partition coefficient (Wildman–Crippen LogP) is 2.18. The number of rotatable bonds is 3. The zero-order valence-corrected chi connectivity index (χ0v) is 7.70. The zero-order valence-electron chi connectivity index (χ0n) is 7.70. The minimum Gasteiger partial charge on any atom is -0.508 e. The molecule has 13 heavy (non-hydrogen) atoms. The molecule has 1 rings (SSSR count). The van der Waals surface area contributed by atoms with Gasteiger partial charge >= 0.3 is 0 Å². The summed E-state index contributed by atoms with van der Waals surface area (Å²) in [6, 6.07) is 6.78. The maximum absolute atomic E-state index is 9.94. The van der Waals surface area contributed by atoms with Gasteiger partial charge in [-0.15, -0.1) is 6.58 Å². The van der Waals surface area contributed by atoms with Crippen LogP contribution in [0.2, 0.25) is 0 Å². The highest BCUT2D eigenvalue weighted by molar-refractivity contribution is 5.36. The first-order valence-corrected chi connectivity index (χ1v) is 4.19. The van der Waals surface area contributed by atoms with Gasteiger partial charge in [0.1, 0.15) is 5.75 Å². The maximum Gasteiger partial charge on any atom is 0.121 e. The highest BCUT2D eigenvalue weighted by atomic mass is 16.3. The van der Waals surface area contributed by atoms with Gasteiger partial charge in [-0.1, -0.05) is 24.3 Å². The third-order valence-electron chi connectivity index (χ3n) is 2.03. The van der Waals surface area contributed by atoms with E-state index in [9.17, 15) is 10.2 Å². The van der Waals surface area contributed by atoms with Crippen LogP contribution in [0.25, 0.3) is 0 Å². The Morgan fingerprint density at radius 1 is 1.46 bits per heavy atom. The van der Waals surface area contributed by atoms with Crippen LogP contribution in [-0.4, -0.2) is 10.2 Å². The molecule has 2 heteroatoms. The van der Waals surface area contributed by atoms with Crippen LogP contribution >= 0.6 is 0 Å². The van der Waals surface area contributed by atoms with E-state index in [0.717, 1.165) is 0 Å². The lowest BCUT2D eigenvalue weighted by molar-refractivity contribution is 0.0581. The van der Waals surface area contributed by atoms with Crippen LogP contribution in [0.5, 0.6) is 5.75 Å². The molecule has 70 valence electrons. The van der Waals surface area contributed by atoms with Crippen molar-refractivity contribution in [2.45, 2.75) is 18.9 Å².